The molecule has 0 atom stereocenters. The standard InChI is InChI=1S/C9H5Br2NO2/c10-6-1-4-5(9(13)14)3-12-8(4)2-7(6)11/h1-3,12H,(H,13,14). The second-order valence-electron chi connectivity index (χ2n) is 2.82. The van der Waals surface area contributed by atoms with Crippen LogP contribution in [0.1, 0.15) is 10.4 Å². The zero-order valence-electron chi connectivity index (χ0n) is 6.84. The zero-order chi connectivity index (χ0) is 10.3. The van der Waals surface area contributed by atoms with E-state index in [1.807, 2.05) is 6.07 Å². The average Bonchev–Trinajstić information content (AvgIpc) is 2.48. The first kappa shape index (κ1) is 9.73. The molecule has 0 saturated heterocycles. The lowest BCUT2D eigenvalue weighted by Gasteiger charge is -1.97. The van der Waals surface area contributed by atoms with Crippen LogP contribution in [0.2, 0.25) is 0 Å². The van der Waals surface area contributed by atoms with E-state index >= 15 is 0 Å². The summed E-state index contributed by atoms with van der Waals surface area (Å²) in [5.74, 6) is -0.925. The molecule has 2 aromatic rings. The predicted molar refractivity (Wildman–Crippen MR) is 60.7 cm³/mol. The molecule has 14 heavy (non-hydrogen) atoms. The van der Waals surface area contributed by atoms with Crippen molar-refractivity contribution in [3.05, 3.63) is 32.8 Å². The van der Waals surface area contributed by atoms with Crippen LogP contribution < -0.4 is 0 Å². The van der Waals surface area contributed by atoms with E-state index in [1.54, 1.807) is 6.07 Å². The Balaban J connectivity index is 2.80. The van der Waals surface area contributed by atoms with Crippen molar-refractivity contribution < 1.29 is 9.90 Å². The van der Waals surface area contributed by atoms with Crippen molar-refractivity contribution in [3.8, 4) is 0 Å². The summed E-state index contributed by atoms with van der Waals surface area (Å²) < 4.78 is 1.73. The van der Waals surface area contributed by atoms with Crippen LogP contribution in [0.5, 0.6) is 0 Å². The molecular weight excluding hydrogens is 314 g/mol. The van der Waals surface area contributed by atoms with Crippen LogP contribution in [-0.2, 0) is 0 Å². The number of aromatic carboxylic acids is 1. The van der Waals surface area contributed by atoms with Crippen LogP contribution in [0.25, 0.3) is 10.9 Å². The monoisotopic (exact) mass is 317 g/mol. The molecule has 0 aliphatic carbocycles. The summed E-state index contributed by atoms with van der Waals surface area (Å²) in [5, 5.41) is 9.59. The molecule has 0 bridgehead atoms. The van der Waals surface area contributed by atoms with Gasteiger partial charge in [-0.25, -0.2) is 4.79 Å². The van der Waals surface area contributed by atoms with Gasteiger partial charge in [0.1, 0.15) is 0 Å². The van der Waals surface area contributed by atoms with Gasteiger partial charge in [-0.3, -0.25) is 0 Å². The van der Waals surface area contributed by atoms with Gasteiger partial charge in [0, 0.05) is 26.0 Å². The lowest BCUT2D eigenvalue weighted by atomic mass is 10.2. The molecule has 3 nitrogen and oxygen atoms in total. The number of fused-ring (bicyclic) bond motifs is 1. The SMILES string of the molecule is O=C(O)c1c[nH]c2cc(Br)c(Br)cc12. The van der Waals surface area contributed by atoms with Crippen LogP contribution in [0.3, 0.4) is 0 Å². The first-order chi connectivity index (χ1) is 6.59. The Kier molecular flexibility index (Phi) is 2.36. The second-order valence-corrected chi connectivity index (χ2v) is 4.53. The van der Waals surface area contributed by atoms with Gasteiger partial charge in [0.05, 0.1) is 5.56 Å². The molecule has 2 rings (SSSR count). The van der Waals surface area contributed by atoms with Crippen molar-refractivity contribution in [1.29, 1.82) is 0 Å². The Morgan fingerprint density at radius 2 is 1.93 bits per heavy atom. The minimum absolute atomic E-state index is 0.285. The van der Waals surface area contributed by atoms with Crippen LogP contribution in [0.15, 0.2) is 27.3 Å². The number of hydrogen-bond acceptors (Lipinski definition) is 1. The van der Waals surface area contributed by atoms with Crippen LogP contribution in [0, 0.1) is 0 Å². The molecule has 0 amide bonds. The molecule has 0 saturated carbocycles. The fourth-order valence-corrected chi connectivity index (χ4v) is 1.98. The minimum atomic E-state index is -0.925. The summed E-state index contributed by atoms with van der Waals surface area (Å²) in [6.45, 7) is 0. The fourth-order valence-electron chi connectivity index (χ4n) is 1.29. The van der Waals surface area contributed by atoms with Gasteiger partial charge in [-0.2, -0.15) is 0 Å². The van der Waals surface area contributed by atoms with Gasteiger partial charge in [0.25, 0.3) is 0 Å². The lowest BCUT2D eigenvalue weighted by molar-refractivity contribution is 0.0699. The van der Waals surface area contributed by atoms with Crippen molar-refractivity contribution in [2.24, 2.45) is 0 Å². The van der Waals surface area contributed by atoms with Gasteiger partial charge in [-0.1, -0.05) is 0 Å². The Hall–Kier alpha value is -0.810. The van der Waals surface area contributed by atoms with Crippen molar-refractivity contribution in [2.45, 2.75) is 0 Å². The summed E-state index contributed by atoms with van der Waals surface area (Å²) in [6, 6.07) is 3.62. The predicted octanol–water partition coefficient (Wildman–Crippen LogP) is 3.39. The van der Waals surface area contributed by atoms with Crippen molar-refractivity contribution >= 4 is 48.7 Å². The highest BCUT2D eigenvalue weighted by Gasteiger charge is 2.11. The fraction of sp³-hybridized carbons (Fsp3) is 0. The highest BCUT2D eigenvalue weighted by molar-refractivity contribution is 9.13. The third-order valence-electron chi connectivity index (χ3n) is 1.95. The number of benzene rings is 1. The summed E-state index contributed by atoms with van der Waals surface area (Å²) in [5.41, 5.74) is 1.09. The first-order valence-electron chi connectivity index (χ1n) is 3.79. The topological polar surface area (TPSA) is 53.1 Å². The number of H-pyrrole nitrogens is 1. The molecule has 2 N–H and O–H groups in total. The van der Waals surface area contributed by atoms with E-state index in [0.717, 1.165) is 14.5 Å². The highest BCUT2D eigenvalue weighted by atomic mass is 79.9. The normalized spacial score (nSPS) is 10.7. The van der Waals surface area contributed by atoms with E-state index < -0.39 is 5.97 Å². The maximum atomic E-state index is 10.8. The summed E-state index contributed by atoms with van der Waals surface area (Å²) in [7, 11) is 0. The minimum Gasteiger partial charge on any atom is -0.478 e. The molecule has 0 aliphatic rings. The molecule has 0 fully saturated rings. The Bertz CT molecular complexity index is 519. The highest BCUT2D eigenvalue weighted by Crippen LogP contribution is 2.29. The van der Waals surface area contributed by atoms with E-state index in [0.29, 0.717) is 5.39 Å². The van der Waals surface area contributed by atoms with E-state index in [4.69, 9.17) is 5.11 Å². The summed E-state index contributed by atoms with van der Waals surface area (Å²) in [6.07, 6.45) is 1.49. The van der Waals surface area contributed by atoms with Crippen molar-refractivity contribution in [2.75, 3.05) is 0 Å². The number of aromatic amines is 1. The van der Waals surface area contributed by atoms with E-state index in [9.17, 15) is 4.79 Å². The van der Waals surface area contributed by atoms with Gasteiger partial charge >= 0.3 is 5.97 Å². The number of carboxylic acids is 1. The number of aromatic nitrogens is 1. The number of rotatable bonds is 1. The van der Waals surface area contributed by atoms with Gasteiger partial charge in [-0.05, 0) is 44.0 Å². The third kappa shape index (κ3) is 1.46. The lowest BCUT2D eigenvalue weighted by Crippen LogP contribution is -1.93. The van der Waals surface area contributed by atoms with E-state index in [1.165, 1.54) is 6.20 Å². The largest absolute Gasteiger partial charge is 0.478 e. The maximum Gasteiger partial charge on any atom is 0.337 e. The molecule has 0 radical (unpaired) electrons. The Labute approximate surface area is 96.4 Å². The van der Waals surface area contributed by atoms with Gasteiger partial charge in [0.2, 0.25) is 0 Å². The van der Waals surface area contributed by atoms with Crippen molar-refractivity contribution in [1.82, 2.24) is 4.98 Å². The molecule has 5 heteroatoms. The zero-order valence-corrected chi connectivity index (χ0v) is 10.0. The van der Waals surface area contributed by atoms with E-state index in [-0.39, 0.29) is 5.56 Å². The molecule has 1 aromatic carbocycles. The van der Waals surface area contributed by atoms with Crippen LogP contribution >= 0.6 is 31.9 Å². The molecule has 1 heterocycles. The molecular formula is C9H5Br2NO2. The Morgan fingerprint density at radius 3 is 2.57 bits per heavy atom. The smallest absolute Gasteiger partial charge is 0.337 e. The number of carbonyl (C=O) groups is 1. The second kappa shape index (κ2) is 3.40. The van der Waals surface area contributed by atoms with E-state index in [2.05, 4.69) is 36.8 Å². The summed E-state index contributed by atoms with van der Waals surface area (Å²) in [4.78, 5) is 13.7. The van der Waals surface area contributed by atoms with Gasteiger partial charge in [-0.15, -0.1) is 0 Å². The number of nitrogens with one attached hydrogen (secondary N) is 1. The molecule has 0 unspecified atom stereocenters. The first-order valence-corrected chi connectivity index (χ1v) is 5.37. The Morgan fingerprint density at radius 1 is 1.29 bits per heavy atom. The van der Waals surface area contributed by atoms with Crippen molar-refractivity contribution in [3.63, 3.8) is 0 Å². The summed E-state index contributed by atoms with van der Waals surface area (Å²) >= 11 is 6.68. The van der Waals surface area contributed by atoms with Crippen LogP contribution in [-0.4, -0.2) is 16.1 Å². The van der Waals surface area contributed by atoms with Gasteiger partial charge in [0.15, 0.2) is 0 Å². The molecule has 1 aromatic heterocycles. The van der Waals surface area contributed by atoms with Gasteiger partial charge < -0.3 is 10.1 Å². The number of halogens is 2. The number of hydrogen-bond donors (Lipinski definition) is 2. The average molecular weight is 319 g/mol. The number of carboxylic acid groups (broad SMARTS) is 1. The van der Waals surface area contributed by atoms with Crippen LogP contribution in [0.4, 0.5) is 0 Å². The molecule has 0 aliphatic heterocycles. The maximum absolute atomic E-state index is 10.8. The third-order valence-corrected chi connectivity index (χ3v) is 3.80. The molecule has 0 spiro atoms. The molecule has 72 valence electrons. The quantitative estimate of drug-likeness (QED) is 0.846.